The van der Waals surface area contributed by atoms with E-state index in [1.807, 2.05) is 51.1 Å². The van der Waals surface area contributed by atoms with Crippen LogP contribution in [0.15, 0.2) is 65.0 Å². The number of hydrogen-bond acceptors (Lipinski definition) is 5. The molecular formula is C62H114N3O3+. The van der Waals surface area contributed by atoms with Crippen molar-refractivity contribution in [3.05, 3.63) is 76.7 Å². The molecule has 0 N–H and O–H groups in total. The molecule has 1 saturated heterocycles. The van der Waals surface area contributed by atoms with Gasteiger partial charge < -0.3 is 14.4 Å². The number of benzene rings is 2. The zero-order valence-corrected chi connectivity index (χ0v) is 49.5. The maximum Gasteiger partial charge on any atom is 0.344 e. The Kier molecular flexibility index (Phi) is 47.7. The molecule has 2 aromatic rings. The summed E-state index contributed by atoms with van der Waals surface area (Å²) in [5, 5.41) is 0. The number of anilines is 1. The highest BCUT2D eigenvalue weighted by atomic mass is 16.5. The molecule has 1 saturated carbocycles. The number of aryl methyl sites for hydroxylation is 1. The Hall–Kier alpha value is -3.67. The van der Waals surface area contributed by atoms with E-state index in [0.717, 1.165) is 54.2 Å². The number of aliphatic imine (C=N–C) groups is 1. The smallest absolute Gasteiger partial charge is 0.344 e. The number of nitrogens with zero attached hydrogens (tertiary/aromatic N) is 3. The first-order chi connectivity index (χ1) is 32.3. The van der Waals surface area contributed by atoms with Gasteiger partial charge in [0.1, 0.15) is 12.3 Å². The molecular weight excluding hydrogens is 835 g/mol. The van der Waals surface area contributed by atoms with E-state index >= 15 is 0 Å². The molecule has 4 rings (SSSR count). The summed E-state index contributed by atoms with van der Waals surface area (Å²) in [4.78, 5) is 19.4. The lowest BCUT2D eigenvalue weighted by Crippen LogP contribution is -2.41. The van der Waals surface area contributed by atoms with Crippen molar-refractivity contribution in [2.75, 3.05) is 24.5 Å². The zero-order valence-electron chi connectivity index (χ0n) is 49.5. The van der Waals surface area contributed by atoms with Gasteiger partial charge in [-0.25, -0.2) is 0 Å². The Balaban J connectivity index is -0.000000453. The molecule has 0 radical (unpaired) electrons. The van der Waals surface area contributed by atoms with Gasteiger partial charge in [-0.3, -0.25) is 9.79 Å². The van der Waals surface area contributed by atoms with Gasteiger partial charge in [0, 0.05) is 44.0 Å². The van der Waals surface area contributed by atoms with E-state index in [0.29, 0.717) is 29.7 Å². The molecule has 4 unspecified atom stereocenters. The van der Waals surface area contributed by atoms with Gasteiger partial charge in [-0.1, -0.05) is 185 Å². The second kappa shape index (κ2) is 45.8. The van der Waals surface area contributed by atoms with Gasteiger partial charge in [0.2, 0.25) is 0 Å². The number of Topliss-reactive ketones (excluding diaryl/α,β-unsaturated/α-hetero) is 1. The third-order valence-electron chi connectivity index (χ3n) is 10.2. The first kappa shape index (κ1) is 70.9. The first-order valence-electron chi connectivity index (χ1n) is 27.7. The number of allylic oxidation sites excluding steroid dienone is 2. The number of piperidine rings is 1. The maximum atomic E-state index is 12.2. The van der Waals surface area contributed by atoms with Crippen LogP contribution in [0.3, 0.4) is 0 Å². The lowest BCUT2D eigenvalue weighted by Gasteiger charge is -2.26. The molecule has 0 spiro atoms. The van der Waals surface area contributed by atoms with Gasteiger partial charge in [-0.15, -0.1) is 0 Å². The van der Waals surface area contributed by atoms with Crippen molar-refractivity contribution in [2.45, 2.75) is 242 Å². The normalized spacial score (nSPS) is 18.2. The van der Waals surface area contributed by atoms with E-state index in [2.05, 4.69) is 178 Å². The summed E-state index contributed by atoms with van der Waals surface area (Å²) in [6.45, 7) is 53.8. The molecule has 1 aliphatic heterocycles. The minimum Gasteiger partial charge on any atom is -0.448 e. The Bertz CT molecular complexity index is 1580. The van der Waals surface area contributed by atoms with Crippen LogP contribution in [0.2, 0.25) is 0 Å². The molecule has 0 bridgehead atoms. The van der Waals surface area contributed by atoms with E-state index in [-0.39, 0.29) is 11.7 Å². The molecule has 2 aromatic carbocycles. The maximum absolute atomic E-state index is 12.2. The van der Waals surface area contributed by atoms with E-state index in [1.54, 1.807) is 6.92 Å². The number of ketones is 1. The van der Waals surface area contributed by atoms with Gasteiger partial charge in [-0.05, 0) is 115 Å². The summed E-state index contributed by atoms with van der Waals surface area (Å²) in [7, 11) is 0. The molecule has 0 amide bonds. The van der Waals surface area contributed by atoms with Crippen molar-refractivity contribution in [3.8, 4) is 0 Å². The van der Waals surface area contributed by atoms with Crippen molar-refractivity contribution in [2.24, 2.45) is 28.7 Å². The van der Waals surface area contributed by atoms with Crippen LogP contribution < -0.4 is 4.90 Å². The Morgan fingerprint density at radius 3 is 1.53 bits per heavy atom. The highest BCUT2D eigenvalue weighted by Gasteiger charge is 2.34. The Labute approximate surface area is 425 Å². The second-order valence-corrected chi connectivity index (χ2v) is 19.0. The molecule has 4 atom stereocenters. The van der Waals surface area contributed by atoms with Crippen LogP contribution in [-0.4, -0.2) is 53.9 Å². The topological polar surface area (TPSA) is 54.1 Å². The van der Waals surface area contributed by atoms with E-state index in [1.165, 1.54) is 75.5 Å². The fourth-order valence-corrected chi connectivity index (χ4v) is 6.85. The highest BCUT2D eigenvalue weighted by Crippen LogP contribution is 2.28. The van der Waals surface area contributed by atoms with Crippen molar-refractivity contribution in [3.63, 3.8) is 0 Å². The minimum absolute atomic E-state index is 0.0450. The largest absolute Gasteiger partial charge is 0.448 e. The molecule has 0 aromatic heterocycles. The Morgan fingerprint density at radius 2 is 1.13 bits per heavy atom. The van der Waals surface area contributed by atoms with Crippen molar-refractivity contribution in [1.29, 1.82) is 0 Å². The summed E-state index contributed by atoms with van der Waals surface area (Å²) in [6.07, 6.45) is 16.3. The fourth-order valence-electron chi connectivity index (χ4n) is 6.85. The summed E-state index contributed by atoms with van der Waals surface area (Å²) < 4.78 is 14.7. The summed E-state index contributed by atoms with van der Waals surface area (Å²) in [5.74, 6) is 5.01. The van der Waals surface area contributed by atoms with Gasteiger partial charge in [0.15, 0.2) is 23.5 Å². The molecule has 394 valence electrons. The Morgan fingerprint density at radius 1 is 0.676 bits per heavy atom. The SMILES string of the molecule is CC.CC(=O)/C(=C\c1ccc(C)cc1)OC(C(C)C)=[N+]1CCCC(C)C1C.CCC.CCC.CCC.CCC.CCC.CCN(CC)c1ccc(/C=C(\C)OC(=NC2CCC(C)C2)C(C)C)cc1. The quantitative estimate of drug-likeness (QED) is 0.0740. The number of carbonyl (C=O) groups is 1. The van der Waals surface area contributed by atoms with Crippen LogP contribution in [-0.2, 0) is 14.3 Å². The molecule has 1 heterocycles. The predicted octanol–water partition coefficient (Wildman–Crippen LogP) is 19.1. The third-order valence-corrected chi connectivity index (χ3v) is 10.2. The second-order valence-electron chi connectivity index (χ2n) is 19.0. The van der Waals surface area contributed by atoms with Crippen LogP contribution in [0, 0.1) is 30.6 Å². The standard InChI is InChI=1S/C23H36N2O.C22H32NO2.5C3H8.C2H6/c1-7-25(8-2)22-13-10-20(11-14-22)16-19(6)26-23(17(3)4)24-21-12-9-18(5)15-21;1-15(2)22(23-13-7-8-17(4)18(23)5)25-21(19(6)24)14-20-11-9-16(3)10-12-20;5*1-3-2;1-2/h10-11,13-14,16-18,21H,7-9,12,15H2,1-6H3;9-12,14-15,17-18H,7-8,13H2,1-6H3;5*3H2,1-2H3;1-2H3/q;+1;;;;;;/b19-16+,24-23?;21-14+,23-22?;;;;;;. The van der Waals surface area contributed by atoms with Crippen molar-refractivity contribution < 1.29 is 18.8 Å². The van der Waals surface area contributed by atoms with Crippen molar-refractivity contribution in [1.82, 2.24) is 0 Å². The molecule has 6 nitrogen and oxygen atoms in total. The van der Waals surface area contributed by atoms with Gasteiger partial charge >= 0.3 is 5.90 Å². The molecule has 2 aliphatic rings. The fraction of sp³-hybridized carbons (Fsp3) is 0.694. The van der Waals surface area contributed by atoms with Crippen molar-refractivity contribution >= 4 is 35.4 Å². The van der Waals surface area contributed by atoms with E-state index in [9.17, 15) is 4.79 Å². The number of hydrogen-bond donors (Lipinski definition) is 0. The molecule has 2 fully saturated rings. The van der Waals surface area contributed by atoms with Crippen LogP contribution in [0.25, 0.3) is 12.2 Å². The van der Waals surface area contributed by atoms with Gasteiger partial charge in [0.25, 0.3) is 0 Å². The summed E-state index contributed by atoms with van der Waals surface area (Å²) in [6, 6.07) is 17.7. The molecule has 1 aliphatic carbocycles. The average Bonchev–Trinajstić information content (AvgIpc) is 3.71. The van der Waals surface area contributed by atoms with Gasteiger partial charge in [-0.2, -0.15) is 4.58 Å². The highest BCUT2D eigenvalue weighted by molar-refractivity contribution is 5.98. The van der Waals surface area contributed by atoms with E-state index < -0.39 is 0 Å². The summed E-state index contributed by atoms with van der Waals surface area (Å²) >= 11 is 0. The lowest BCUT2D eigenvalue weighted by molar-refractivity contribution is -0.589. The van der Waals surface area contributed by atoms with E-state index in [4.69, 9.17) is 14.5 Å². The molecule has 6 heteroatoms. The van der Waals surface area contributed by atoms with Crippen LogP contribution >= 0.6 is 0 Å². The monoisotopic (exact) mass is 949 g/mol. The number of carbonyl (C=O) groups excluding carboxylic acids is 1. The number of rotatable bonds is 11. The summed E-state index contributed by atoms with van der Waals surface area (Å²) in [5.41, 5.74) is 4.62. The predicted molar refractivity (Wildman–Crippen MR) is 309 cm³/mol. The third kappa shape index (κ3) is 33.8. The molecule has 68 heavy (non-hydrogen) atoms. The first-order valence-corrected chi connectivity index (χ1v) is 27.7. The van der Waals surface area contributed by atoms with Crippen LogP contribution in [0.4, 0.5) is 5.69 Å². The number of ether oxygens (including phenoxy) is 2. The average molecular weight is 950 g/mol. The lowest BCUT2D eigenvalue weighted by atomic mass is 9.93. The van der Waals surface area contributed by atoms with Gasteiger partial charge in [0.05, 0.1) is 12.0 Å². The van der Waals surface area contributed by atoms with Crippen LogP contribution in [0.5, 0.6) is 0 Å². The minimum atomic E-state index is -0.0450. The zero-order chi connectivity index (χ0) is 53.2. The van der Waals surface area contributed by atoms with Crippen LogP contribution in [0.1, 0.15) is 240 Å².